The molecule has 4 aromatic carbocycles. The third-order valence-electron chi connectivity index (χ3n) is 10.1. The molecule has 6 bridgehead atoms. The maximum absolute atomic E-state index is 14.4. The number of nitrogens with zero attached hydrogens (tertiary/aromatic N) is 2. The highest BCUT2D eigenvalue weighted by Gasteiger charge is 2.39. The predicted octanol–water partition coefficient (Wildman–Crippen LogP) is 7.18. The molecule has 0 spiro atoms. The number of hydrogen-bond acceptors (Lipinski definition) is 8. The van der Waals surface area contributed by atoms with Gasteiger partial charge in [0.15, 0.2) is 34.5 Å². The molecule has 0 amide bonds. The Morgan fingerprint density at radius 1 is 0.745 bits per heavy atom. The number of likely N-dealkylation sites (N-methyl/N-ethyl adjacent to an activating group) is 2. The van der Waals surface area contributed by atoms with Crippen LogP contribution in [-0.4, -0.2) is 65.2 Å². The van der Waals surface area contributed by atoms with Crippen LogP contribution in [0.4, 0.5) is 0 Å². The zero-order chi connectivity index (χ0) is 32.9. The normalized spacial score (nSPS) is 21.8. The summed E-state index contributed by atoms with van der Waals surface area (Å²) < 4.78 is 36.3. The number of hydrogen-bond donors (Lipinski definition) is 0. The molecule has 4 heterocycles. The number of rotatable bonds is 4. The molecule has 0 unspecified atom stereocenters. The van der Waals surface area contributed by atoms with E-state index in [1.807, 2.05) is 36.4 Å². The standard InChI is InChI=1S/C38H42N2O7/c1-39-15-13-25-20-32(43-4)34-22-28(25)29(39)17-23-7-10-27(11-8-23)46-33-19-24(9-12-31(33)42-3)18-30-36-26(14-16-40(30,2)41)21-35(44-5)37(45-6)38(36)47-34/h7-12,19-22,29-30H,13-18H2,1-6H3/t29-,30-,40-/m0/s1. The van der Waals surface area contributed by atoms with Crippen molar-refractivity contribution in [1.29, 1.82) is 0 Å². The quantitative estimate of drug-likeness (QED) is 0.172. The van der Waals surface area contributed by atoms with Gasteiger partial charge in [-0.1, -0.05) is 18.2 Å². The van der Waals surface area contributed by atoms with Gasteiger partial charge in [-0.3, -0.25) is 4.90 Å². The van der Waals surface area contributed by atoms with Crippen LogP contribution in [0.5, 0.6) is 46.0 Å². The van der Waals surface area contributed by atoms with Crippen LogP contribution >= 0.6 is 0 Å². The van der Waals surface area contributed by atoms with E-state index in [1.165, 1.54) is 16.7 Å². The zero-order valence-electron chi connectivity index (χ0n) is 27.9. The van der Waals surface area contributed by atoms with E-state index in [0.717, 1.165) is 41.8 Å². The predicted molar refractivity (Wildman–Crippen MR) is 179 cm³/mol. The van der Waals surface area contributed by atoms with Crippen molar-refractivity contribution in [2.75, 3.05) is 55.6 Å². The lowest BCUT2D eigenvalue weighted by atomic mass is 9.86. The van der Waals surface area contributed by atoms with Gasteiger partial charge in [0, 0.05) is 25.4 Å². The average molecular weight is 639 g/mol. The van der Waals surface area contributed by atoms with Gasteiger partial charge in [0.1, 0.15) is 11.8 Å². The Hall–Kier alpha value is -4.44. The van der Waals surface area contributed by atoms with E-state index in [1.54, 1.807) is 35.5 Å². The smallest absolute Gasteiger partial charge is 0.204 e. The Balaban J connectivity index is 1.49. The number of methoxy groups -OCH3 is 4. The Labute approximate surface area is 276 Å². The van der Waals surface area contributed by atoms with Crippen LogP contribution in [0.1, 0.15) is 45.5 Å². The van der Waals surface area contributed by atoms with Crippen molar-refractivity contribution in [3.8, 4) is 46.0 Å². The second-order valence-corrected chi connectivity index (χ2v) is 12.9. The summed E-state index contributed by atoms with van der Waals surface area (Å²) in [5.74, 6) is 4.61. The van der Waals surface area contributed by atoms with E-state index in [4.69, 9.17) is 28.4 Å². The molecule has 4 aliphatic heterocycles. The third-order valence-corrected chi connectivity index (χ3v) is 10.1. The summed E-state index contributed by atoms with van der Waals surface area (Å²) in [5, 5.41) is 14.4. The topological polar surface area (TPSA) is 81.7 Å². The molecular formula is C38H42N2O7. The fraction of sp³-hybridized carbons (Fsp3) is 0.368. The maximum Gasteiger partial charge on any atom is 0.204 e. The van der Waals surface area contributed by atoms with E-state index in [2.05, 4.69) is 36.2 Å². The lowest BCUT2D eigenvalue weighted by molar-refractivity contribution is -0.894. The monoisotopic (exact) mass is 638 g/mol. The van der Waals surface area contributed by atoms with Gasteiger partial charge in [0.05, 0.1) is 47.6 Å². The van der Waals surface area contributed by atoms with Crippen LogP contribution in [0.15, 0.2) is 60.7 Å². The minimum absolute atomic E-state index is 0.116. The molecule has 8 rings (SSSR count). The first-order valence-corrected chi connectivity index (χ1v) is 16.1. The van der Waals surface area contributed by atoms with E-state index < -0.39 is 10.7 Å². The van der Waals surface area contributed by atoms with Crippen LogP contribution in [0.3, 0.4) is 0 Å². The van der Waals surface area contributed by atoms with Crippen molar-refractivity contribution in [2.24, 2.45) is 0 Å². The molecular weight excluding hydrogens is 596 g/mol. The molecule has 246 valence electrons. The number of fused-ring (bicyclic) bond motifs is 2. The average Bonchev–Trinajstić information content (AvgIpc) is 3.07. The van der Waals surface area contributed by atoms with Gasteiger partial charge in [0.25, 0.3) is 0 Å². The van der Waals surface area contributed by atoms with Crippen LogP contribution in [-0.2, 0) is 25.7 Å². The fourth-order valence-corrected chi connectivity index (χ4v) is 7.41. The van der Waals surface area contributed by atoms with Crippen LogP contribution in [0.2, 0.25) is 0 Å². The van der Waals surface area contributed by atoms with Crippen molar-refractivity contribution >= 4 is 0 Å². The lowest BCUT2D eigenvalue weighted by Gasteiger charge is -2.49. The molecule has 4 aliphatic rings. The Morgan fingerprint density at radius 3 is 2.17 bits per heavy atom. The van der Waals surface area contributed by atoms with Crippen molar-refractivity contribution in [1.82, 2.24) is 4.90 Å². The summed E-state index contributed by atoms with van der Waals surface area (Å²) >= 11 is 0. The summed E-state index contributed by atoms with van der Waals surface area (Å²) in [5.41, 5.74) is 6.37. The SMILES string of the molecule is COc1ccc2cc1Oc1ccc(cc1)C[C@H]1c3cc(c(OC)cc3CCN1C)Oc1c(OC)c(OC)cc3c1[C@H](C2)[N@@+](C)([O-])CC3. The highest BCUT2D eigenvalue weighted by atomic mass is 16.6. The highest BCUT2D eigenvalue weighted by molar-refractivity contribution is 5.63. The fourth-order valence-electron chi connectivity index (χ4n) is 7.41. The second-order valence-electron chi connectivity index (χ2n) is 12.9. The minimum Gasteiger partial charge on any atom is -0.633 e. The Morgan fingerprint density at radius 2 is 1.45 bits per heavy atom. The summed E-state index contributed by atoms with van der Waals surface area (Å²) in [6.07, 6.45) is 2.72. The molecule has 0 saturated heterocycles. The first-order valence-electron chi connectivity index (χ1n) is 16.1. The van der Waals surface area contributed by atoms with Gasteiger partial charge in [-0.15, -0.1) is 0 Å². The largest absolute Gasteiger partial charge is 0.633 e. The Kier molecular flexibility index (Phi) is 8.16. The first kappa shape index (κ1) is 31.2. The summed E-state index contributed by atoms with van der Waals surface area (Å²) in [6.45, 7) is 1.34. The van der Waals surface area contributed by atoms with Crippen LogP contribution < -0.4 is 28.4 Å². The molecule has 0 radical (unpaired) electrons. The Bertz CT molecular complexity index is 1800. The van der Waals surface area contributed by atoms with Crippen molar-refractivity contribution in [3.05, 3.63) is 99.3 Å². The number of hydroxylamine groups is 3. The van der Waals surface area contributed by atoms with Gasteiger partial charge in [-0.25, -0.2) is 0 Å². The van der Waals surface area contributed by atoms with E-state index in [0.29, 0.717) is 59.6 Å². The summed E-state index contributed by atoms with van der Waals surface area (Å²) in [4.78, 5) is 2.39. The van der Waals surface area contributed by atoms with Crippen LogP contribution in [0.25, 0.3) is 0 Å². The van der Waals surface area contributed by atoms with E-state index >= 15 is 0 Å². The molecule has 0 saturated carbocycles. The maximum atomic E-state index is 14.4. The number of benzene rings is 4. The van der Waals surface area contributed by atoms with Crippen molar-refractivity contribution in [3.63, 3.8) is 0 Å². The van der Waals surface area contributed by atoms with Crippen LogP contribution in [0, 0.1) is 5.21 Å². The first-order chi connectivity index (χ1) is 22.7. The van der Waals surface area contributed by atoms with Gasteiger partial charge in [-0.05, 0) is 90.2 Å². The van der Waals surface area contributed by atoms with Gasteiger partial charge in [0.2, 0.25) is 5.75 Å². The molecule has 9 nitrogen and oxygen atoms in total. The van der Waals surface area contributed by atoms with E-state index in [-0.39, 0.29) is 6.04 Å². The van der Waals surface area contributed by atoms with Gasteiger partial charge < -0.3 is 38.3 Å². The molecule has 0 aliphatic carbocycles. The van der Waals surface area contributed by atoms with E-state index in [9.17, 15) is 5.21 Å². The molecule has 0 N–H and O–H groups in total. The second kappa shape index (κ2) is 12.3. The highest BCUT2D eigenvalue weighted by Crippen LogP contribution is 2.53. The van der Waals surface area contributed by atoms with Crippen molar-refractivity contribution < 1.29 is 33.1 Å². The molecule has 9 heteroatoms. The summed E-state index contributed by atoms with van der Waals surface area (Å²) in [7, 11) is 10.4. The molecule has 4 aromatic rings. The van der Waals surface area contributed by atoms with Crippen molar-refractivity contribution in [2.45, 2.75) is 37.8 Å². The zero-order valence-corrected chi connectivity index (χ0v) is 27.9. The molecule has 47 heavy (non-hydrogen) atoms. The molecule has 3 atom stereocenters. The number of ether oxygens (including phenoxy) is 6. The molecule has 0 fully saturated rings. The minimum atomic E-state index is -0.504. The number of quaternary nitrogens is 1. The lowest BCUT2D eigenvalue weighted by Crippen LogP contribution is -2.47. The van der Waals surface area contributed by atoms with Gasteiger partial charge >= 0.3 is 0 Å². The third kappa shape index (κ3) is 5.62. The summed E-state index contributed by atoms with van der Waals surface area (Å²) in [6, 6.07) is 19.9. The van der Waals surface area contributed by atoms with Gasteiger partial charge in [-0.2, -0.15) is 0 Å². The molecule has 0 aromatic heterocycles.